The van der Waals surface area contributed by atoms with Crippen LogP contribution in [-0.2, 0) is 4.79 Å². The number of nitrogens with one attached hydrogen (secondary N) is 1. The first-order valence-corrected chi connectivity index (χ1v) is 7.92. The van der Waals surface area contributed by atoms with Crippen molar-refractivity contribution in [2.75, 3.05) is 23.7 Å². The molecule has 2 unspecified atom stereocenters. The maximum Gasteiger partial charge on any atom is 0.321 e. The predicted octanol–water partition coefficient (Wildman–Crippen LogP) is 1.53. The minimum absolute atomic E-state index is 0.0833. The third-order valence-electron chi connectivity index (χ3n) is 3.23. The van der Waals surface area contributed by atoms with Crippen molar-refractivity contribution in [3.8, 4) is 0 Å². The number of aromatic nitrogens is 1. The number of carboxylic acids is 1. The van der Waals surface area contributed by atoms with E-state index in [0.717, 1.165) is 23.1 Å². The van der Waals surface area contributed by atoms with Gasteiger partial charge in [-0.2, -0.15) is 0 Å². The van der Waals surface area contributed by atoms with E-state index in [0.29, 0.717) is 5.75 Å². The molecule has 1 aromatic rings. The molecular formula is C11H15N3O2S2. The van der Waals surface area contributed by atoms with E-state index in [-0.39, 0.29) is 5.37 Å². The summed E-state index contributed by atoms with van der Waals surface area (Å²) in [6.07, 6.45) is 4.37. The maximum absolute atomic E-state index is 10.9. The Bertz CT molecular complexity index is 445. The summed E-state index contributed by atoms with van der Waals surface area (Å²) in [5.74, 6) is -0.147. The van der Waals surface area contributed by atoms with Crippen LogP contribution in [0.2, 0.25) is 0 Å². The van der Waals surface area contributed by atoms with Crippen LogP contribution in [0.5, 0.6) is 0 Å². The second-order valence-electron chi connectivity index (χ2n) is 4.51. The molecule has 7 heteroatoms. The van der Waals surface area contributed by atoms with E-state index in [1.807, 2.05) is 6.20 Å². The highest BCUT2D eigenvalue weighted by atomic mass is 32.2. The Hall–Kier alpha value is -0.790. The fourth-order valence-electron chi connectivity index (χ4n) is 2.23. The molecule has 0 bridgehead atoms. The molecule has 0 aliphatic carbocycles. The first-order chi connectivity index (χ1) is 8.74. The van der Waals surface area contributed by atoms with E-state index in [9.17, 15) is 4.79 Å². The van der Waals surface area contributed by atoms with Crippen LogP contribution in [-0.4, -0.2) is 40.9 Å². The number of nitrogens with zero attached hydrogens (tertiary/aromatic N) is 2. The SMILES string of the molecule is O=C(O)C1CSC(c2cnc(N3CCCC3)s2)N1. The summed E-state index contributed by atoms with van der Waals surface area (Å²) in [7, 11) is 0. The number of anilines is 1. The predicted molar refractivity (Wildman–Crippen MR) is 73.3 cm³/mol. The average molecular weight is 285 g/mol. The Morgan fingerprint density at radius 2 is 2.28 bits per heavy atom. The zero-order valence-corrected chi connectivity index (χ0v) is 11.5. The molecule has 0 amide bonds. The number of thioether (sulfide) groups is 1. The fraction of sp³-hybridized carbons (Fsp3) is 0.636. The summed E-state index contributed by atoms with van der Waals surface area (Å²) in [4.78, 5) is 18.8. The van der Waals surface area contributed by atoms with Crippen molar-refractivity contribution in [1.82, 2.24) is 10.3 Å². The summed E-state index contributed by atoms with van der Waals surface area (Å²) in [5, 5.41) is 13.2. The molecule has 3 heterocycles. The van der Waals surface area contributed by atoms with Gasteiger partial charge in [-0.05, 0) is 12.8 Å². The molecule has 0 radical (unpaired) electrons. The molecule has 0 aromatic carbocycles. The monoisotopic (exact) mass is 285 g/mol. The largest absolute Gasteiger partial charge is 0.480 e. The van der Waals surface area contributed by atoms with Gasteiger partial charge in [0.1, 0.15) is 6.04 Å². The number of thiazole rings is 1. The number of carbonyl (C=O) groups is 1. The lowest BCUT2D eigenvalue weighted by Crippen LogP contribution is -2.33. The highest BCUT2D eigenvalue weighted by Gasteiger charge is 2.31. The van der Waals surface area contributed by atoms with Crippen LogP contribution in [0.1, 0.15) is 23.1 Å². The van der Waals surface area contributed by atoms with Gasteiger partial charge >= 0.3 is 5.97 Å². The third kappa shape index (κ3) is 2.34. The van der Waals surface area contributed by atoms with Gasteiger partial charge in [0.05, 0.1) is 10.3 Å². The van der Waals surface area contributed by atoms with E-state index in [2.05, 4.69) is 15.2 Å². The molecule has 2 saturated heterocycles. The molecule has 3 rings (SSSR count). The summed E-state index contributed by atoms with van der Waals surface area (Å²) in [5.41, 5.74) is 0. The number of hydrogen-bond acceptors (Lipinski definition) is 6. The Morgan fingerprint density at radius 3 is 2.94 bits per heavy atom. The smallest absolute Gasteiger partial charge is 0.321 e. The molecule has 18 heavy (non-hydrogen) atoms. The van der Waals surface area contributed by atoms with Gasteiger partial charge in [-0.1, -0.05) is 11.3 Å². The van der Waals surface area contributed by atoms with Crippen molar-refractivity contribution >= 4 is 34.2 Å². The number of carboxylic acid groups (broad SMARTS) is 1. The molecule has 5 nitrogen and oxygen atoms in total. The lowest BCUT2D eigenvalue weighted by Gasteiger charge is -2.12. The van der Waals surface area contributed by atoms with Crippen molar-refractivity contribution < 1.29 is 9.90 Å². The number of hydrogen-bond donors (Lipinski definition) is 2. The zero-order chi connectivity index (χ0) is 12.5. The zero-order valence-electron chi connectivity index (χ0n) is 9.83. The average Bonchev–Trinajstić information content (AvgIpc) is 3.10. The van der Waals surface area contributed by atoms with Crippen LogP contribution in [0.4, 0.5) is 5.13 Å². The van der Waals surface area contributed by atoms with Gasteiger partial charge in [-0.25, -0.2) is 4.98 Å². The van der Waals surface area contributed by atoms with Crippen LogP contribution in [0, 0.1) is 0 Å². The van der Waals surface area contributed by atoms with Gasteiger partial charge in [0.2, 0.25) is 0 Å². The minimum Gasteiger partial charge on any atom is -0.480 e. The topological polar surface area (TPSA) is 65.5 Å². The lowest BCUT2D eigenvalue weighted by molar-refractivity contribution is -0.138. The standard InChI is InChI=1S/C11H15N3O2S2/c15-10(16)7-6-17-9(13-7)8-5-12-11(18-8)14-3-1-2-4-14/h5,7,9,13H,1-4,6H2,(H,15,16). The summed E-state index contributed by atoms with van der Waals surface area (Å²) in [6.45, 7) is 2.19. The van der Waals surface area contributed by atoms with Crippen LogP contribution in [0.15, 0.2) is 6.20 Å². The number of rotatable bonds is 3. The van der Waals surface area contributed by atoms with E-state index < -0.39 is 12.0 Å². The number of aliphatic carboxylic acids is 1. The molecule has 0 spiro atoms. The van der Waals surface area contributed by atoms with Gasteiger partial charge in [0.15, 0.2) is 5.13 Å². The van der Waals surface area contributed by atoms with Crippen LogP contribution in [0.25, 0.3) is 0 Å². The normalized spacial score (nSPS) is 27.9. The molecule has 2 fully saturated rings. The van der Waals surface area contributed by atoms with Gasteiger partial charge in [-0.15, -0.1) is 11.8 Å². The van der Waals surface area contributed by atoms with Crippen molar-refractivity contribution in [2.24, 2.45) is 0 Å². The Labute approximate surface area is 114 Å². The van der Waals surface area contributed by atoms with Gasteiger partial charge in [0.25, 0.3) is 0 Å². The summed E-state index contributed by atoms with van der Waals surface area (Å²) >= 11 is 3.33. The fourth-order valence-corrected chi connectivity index (χ4v) is 4.60. The second kappa shape index (κ2) is 5.07. The molecule has 0 saturated carbocycles. The molecule has 1 aromatic heterocycles. The molecule has 2 aliphatic heterocycles. The van der Waals surface area contributed by atoms with Gasteiger partial charge < -0.3 is 10.0 Å². The Kier molecular flexibility index (Phi) is 3.45. The highest BCUT2D eigenvalue weighted by Crippen LogP contribution is 2.38. The van der Waals surface area contributed by atoms with Gasteiger partial charge in [0, 0.05) is 25.0 Å². The quantitative estimate of drug-likeness (QED) is 0.878. The minimum atomic E-state index is -0.769. The van der Waals surface area contributed by atoms with Crippen molar-refractivity contribution in [3.05, 3.63) is 11.1 Å². The van der Waals surface area contributed by atoms with Crippen molar-refractivity contribution in [2.45, 2.75) is 24.3 Å². The van der Waals surface area contributed by atoms with E-state index in [1.165, 1.54) is 12.8 Å². The van der Waals surface area contributed by atoms with Crippen molar-refractivity contribution in [3.63, 3.8) is 0 Å². The molecule has 98 valence electrons. The first-order valence-electron chi connectivity index (χ1n) is 6.05. The molecular weight excluding hydrogens is 270 g/mol. The summed E-state index contributed by atoms with van der Waals surface area (Å²) < 4.78 is 0. The summed E-state index contributed by atoms with van der Waals surface area (Å²) in [6, 6.07) is -0.433. The molecule has 2 atom stereocenters. The van der Waals surface area contributed by atoms with Gasteiger partial charge in [-0.3, -0.25) is 10.1 Å². The van der Waals surface area contributed by atoms with E-state index >= 15 is 0 Å². The van der Waals surface area contributed by atoms with Crippen LogP contribution >= 0.6 is 23.1 Å². The van der Waals surface area contributed by atoms with E-state index in [4.69, 9.17) is 5.11 Å². The highest BCUT2D eigenvalue weighted by molar-refractivity contribution is 7.99. The Morgan fingerprint density at radius 1 is 1.50 bits per heavy atom. The lowest BCUT2D eigenvalue weighted by atomic mass is 10.3. The second-order valence-corrected chi connectivity index (χ2v) is 6.69. The molecule has 2 N–H and O–H groups in total. The van der Waals surface area contributed by atoms with Crippen molar-refractivity contribution in [1.29, 1.82) is 0 Å². The van der Waals surface area contributed by atoms with Crippen LogP contribution < -0.4 is 10.2 Å². The first kappa shape index (κ1) is 12.3. The maximum atomic E-state index is 10.9. The van der Waals surface area contributed by atoms with Crippen LogP contribution in [0.3, 0.4) is 0 Å². The van der Waals surface area contributed by atoms with E-state index in [1.54, 1.807) is 23.1 Å². The third-order valence-corrected chi connectivity index (χ3v) is 5.75. The Balaban J connectivity index is 1.68. The molecule has 2 aliphatic rings.